The SMILES string of the molecule is COC(=O)C[C@@H]1CCN2C[C@@H]1OC2=O. The van der Waals surface area contributed by atoms with Crippen molar-refractivity contribution < 1.29 is 19.1 Å². The first-order chi connectivity index (χ1) is 6.70. The molecule has 78 valence electrons. The highest BCUT2D eigenvalue weighted by Gasteiger charge is 2.41. The summed E-state index contributed by atoms with van der Waals surface area (Å²) in [5.41, 5.74) is 0. The van der Waals surface area contributed by atoms with Crippen molar-refractivity contribution in [3.8, 4) is 0 Å². The molecule has 5 heteroatoms. The maximum absolute atomic E-state index is 11.1. The Labute approximate surface area is 82.0 Å². The lowest BCUT2D eigenvalue weighted by atomic mass is 9.92. The van der Waals surface area contributed by atoms with Crippen LogP contribution in [0.2, 0.25) is 0 Å². The predicted molar refractivity (Wildman–Crippen MR) is 46.6 cm³/mol. The second-order valence-electron chi connectivity index (χ2n) is 3.70. The molecule has 14 heavy (non-hydrogen) atoms. The highest BCUT2D eigenvalue weighted by molar-refractivity contribution is 5.72. The summed E-state index contributed by atoms with van der Waals surface area (Å²) in [6, 6.07) is 0. The van der Waals surface area contributed by atoms with E-state index >= 15 is 0 Å². The van der Waals surface area contributed by atoms with Crippen LogP contribution < -0.4 is 0 Å². The minimum absolute atomic E-state index is 0.115. The molecule has 0 aliphatic carbocycles. The molecule has 2 rings (SSSR count). The molecule has 2 heterocycles. The highest BCUT2D eigenvalue weighted by Crippen LogP contribution is 2.29. The number of piperidine rings is 1. The van der Waals surface area contributed by atoms with Crippen molar-refractivity contribution in [2.24, 2.45) is 5.92 Å². The van der Waals surface area contributed by atoms with Gasteiger partial charge in [-0.1, -0.05) is 0 Å². The number of nitrogens with zero attached hydrogens (tertiary/aromatic N) is 1. The van der Waals surface area contributed by atoms with E-state index in [1.54, 1.807) is 4.90 Å². The molecule has 0 radical (unpaired) electrons. The van der Waals surface area contributed by atoms with E-state index in [2.05, 4.69) is 4.74 Å². The summed E-state index contributed by atoms with van der Waals surface area (Å²) < 4.78 is 9.72. The van der Waals surface area contributed by atoms with E-state index < -0.39 is 0 Å². The Bertz CT molecular complexity index is 266. The van der Waals surface area contributed by atoms with Crippen molar-refractivity contribution >= 4 is 12.1 Å². The Balaban J connectivity index is 1.95. The van der Waals surface area contributed by atoms with E-state index in [-0.39, 0.29) is 24.1 Å². The molecule has 5 nitrogen and oxygen atoms in total. The zero-order valence-electron chi connectivity index (χ0n) is 8.06. The number of amides is 1. The van der Waals surface area contributed by atoms with Gasteiger partial charge in [0.05, 0.1) is 20.1 Å². The number of carbonyl (C=O) groups is 2. The van der Waals surface area contributed by atoms with Gasteiger partial charge in [-0.2, -0.15) is 0 Å². The van der Waals surface area contributed by atoms with Gasteiger partial charge in [-0.05, 0) is 6.42 Å². The third kappa shape index (κ3) is 1.54. The van der Waals surface area contributed by atoms with Crippen molar-refractivity contribution in [3.63, 3.8) is 0 Å². The van der Waals surface area contributed by atoms with Crippen LogP contribution in [0.4, 0.5) is 4.79 Å². The summed E-state index contributed by atoms with van der Waals surface area (Å²) >= 11 is 0. The maximum atomic E-state index is 11.1. The highest BCUT2D eigenvalue weighted by atomic mass is 16.6. The lowest BCUT2D eigenvalue weighted by molar-refractivity contribution is -0.142. The third-order valence-electron chi connectivity index (χ3n) is 2.86. The summed E-state index contributed by atoms with van der Waals surface area (Å²) in [5, 5.41) is 0. The summed E-state index contributed by atoms with van der Waals surface area (Å²) in [7, 11) is 1.37. The lowest BCUT2D eigenvalue weighted by Gasteiger charge is -2.25. The molecule has 0 spiro atoms. The number of hydrogen-bond donors (Lipinski definition) is 0. The van der Waals surface area contributed by atoms with Crippen molar-refractivity contribution in [3.05, 3.63) is 0 Å². The molecule has 2 aliphatic heterocycles. The maximum Gasteiger partial charge on any atom is 0.410 e. The molecule has 1 amide bonds. The van der Waals surface area contributed by atoms with Crippen LogP contribution in [0.1, 0.15) is 12.8 Å². The topological polar surface area (TPSA) is 55.8 Å². The van der Waals surface area contributed by atoms with E-state index in [1.807, 2.05) is 0 Å². The van der Waals surface area contributed by atoms with Gasteiger partial charge in [0.2, 0.25) is 0 Å². The van der Waals surface area contributed by atoms with Crippen LogP contribution in [0.25, 0.3) is 0 Å². The summed E-state index contributed by atoms with van der Waals surface area (Å²) in [5.74, 6) is -0.100. The third-order valence-corrected chi connectivity index (χ3v) is 2.86. The van der Waals surface area contributed by atoms with Crippen LogP contribution in [-0.2, 0) is 14.3 Å². The zero-order valence-corrected chi connectivity index (χ0v) is 8.06. The van der Waals surface area contributed by atoms with Crippen LogP contribution in [-0.4, -0.2) is 43.3 Å². The lowest BCUT2D eigenvalue weighted by Crippen LogP contribution is -2.37. The van der Waals surface area contributed by atoms with Gasteiger partial charge in [0.25, 0.3) is 0 Å². The van der Waals surface area contributed by atoms with Gasteiger partial charge >= 0.3 is 12.1 Å². The number of fused-ring (bicyclic) bond motifs is 2. The van der Waals surface area contributed by atoms with Gasteiger partial charge in [0, 0.05) is 12.5 Å². The number of esters is 1. The first kappa shape index (κ1) is 9.30. The first-order valence-corrected chi connectivity index (χ1v) is 4.73. The number of rotatable bonds is 2. The first-order valence-electron chi connectivity index (χ1n) is 4.73. The Morgan fingerprint density at radius 2 is 2.50 bits per heavy atom. The van der Waals surface area contributed by atoms with Crippen LogP contribution in [0.15, 0.2) is 0 Å². The monoisotopic (exact) mass is 199 g/mol. The Kier molecular flexibility index (Phi) is 2.31. The fourth-order valence-corrected chi connectivity index (χ4v) is 2.00. The van der Waals surface area contributed by atoms with E-state index in [0.717, 1.165) is 6.42 Å². The second kappa shape index (κ2) is 3.48. The molecule has 0 aromatic rings. The van der Waals surface area contributed by atoms with Crippen molar-refractivity contribution in [2.75, 3.05) is 20.2 Å². The fourth-order valence-electron chi connectivity index (χ4n) is 2.00. The molecule has 2 saturated heterocycles. The molecule has 0 saturated carbocycles. The quantitative estimate of drug-likeness (QED) is 0.604. The Hall–Kier alpha value is -1.26. The minimum atomic E-state index is -0.248. The summed E-state index contributed by atoms with van der Waals surface area (Å²) in [6.07, 6.45) is 0.811. The Morgan fingerprint density at radius 1 is 1.71 bits per heavy atom. The van der Waals surface area contributed by atoms with E-state index in [0.29, 0.717) is 19.5 Å². The fraction of sp³-hybridized carbons (Fsp3) is 0.778. The molecule has 2 fully saturated rings. The van der Waals surface area contributed by atoms with Crippen molar-refractivity contribution in [1.82, 2.24) is 4.90 Å². The largest absolute Gasteiger partial charge is 0.469 e. The minimum Gasteiger partial charge on any atom is -0.469 e. The van der Waals surface area contributed by atoms with E-state index in [9.17, 15) is 9.59 Å². The van der Waals surface area contributed by atoms with Gasteiger partial charge in [0.1, 0.15) is 6.10 Å². The average molecular weight is 199 g/mol. The van der Waals surface area contributed by atoms with Crippen LogP contribution >= 0.6 is 0 Å². The van der Waals surface area contributed by atoms with E-state index in [4.69, 9.17) is 4.74 Å². The van der Waals surface area contributed by atoms with Gasteiger partial charge in [-0.3, -0.25) is 4.79 Å². The molecule has 2 aliphatic rings. The van der Waals surface area contributed by atoms with Gasteiger partial charge < -0.3 is 14.4 Å². The second-order valence-corrected chi connectivity index (χ2v) is 3.70. The molecular weight excluding hydrogens is 186 g/mol. The molecule has 2 bridgehead atoms. The number of ether oxygens (including phenoxy) is 2. The zero-order chi connectivity index (χ0) is 10.1. The van der Waals surface area contributed by atoms with Gasteiger partial charge in [-0.15, -0.1) is 0 Å². The Morgan fingerprint density at radius 3 is 3.21 bits per heavy atom. The van der Waals surface area contributed by atoms with Crippen molar-refractivity contribution in [1.29, 1.82) is 0 Å². The van der Waals surface area contributed by atoms with E-state index in [1.165, 1.54) is 7.11 Å². The van der Waals surface area contributed by atoms with Gasteiger partial charge in [0.15, 0.2) is 0 Å². The molecule has 0 unspecified atom stereocenters. The van der Waals surface area contributed by atoms with Gasteiger partial charge in [-0.25, -0.2) is 4.79 Å². The van der Waals surface area contributed by atoms with Crippen LogP contribution in [0, 0.1) is 5.92 Å². The number of hydrogen-bond acceptors (Lipinski definition) is 4. The normalized spacial score (nSPS) is 30.1. The molecule has 0 aromatic carbocycles. The predicted octanol–water partition coefficient (Wildman–Crippen LogP) is 0.390. The standard InChI is InChI=1S/C9H13NO4/c1-13-8(11)4-6-2-3-10-5-7(6)14-9(10)12/h6-7H,2-5H2,1H3/t6-,7-/m0/s1. The summed E-state index contributed by atoms with van der Waals surface area (Å²) in [6.45, 7) is 1.32. The molecular formula is C9H13NO4. The van der Waals surface area contributed by atoms with Crippen LogP contribution in [0.3, 0.4) is 0 Å². The molecule has 2 atom stereocenters. The number of methoxy groups -OCH3 is 1. The average Bonchev–Trinajstić information content (AvgIpc) is 2.48. The molecule has 0 aromatic heterocycles. The number of carbonyl (C=O) groups excluding carboxylic acids is 2. The molecule has 0 N–H and O–H groups in total. The van der Waals surface area contributed by atoms with Crippen molar-refractivity contribution in [2.45, 2.75) is 18.9 Å². The summed E-state index contributed by atoms with van der Waals surface area (Å²) in [4.78, 5) is 23.9. The smallest absolute Gasteiger partial charge is 0.410 e. The van der Waals surface area contributed by atoms with Crippen LogP contribution in [0.5, 0.6) is 0 Å².